The molecule has 2 aromatic carbocycles. The van der Waals surface area contributed by atoms with Crippen LogP contribution in [-0.4, -0.2) is 72.2 Å². The number of unbranched alkanes of at least 4 members (excludes halogenated alkanes) is 2. The quantitative estimate of drug-likeness (QED) is 0.0721. The Morgan fingerprint density at radius 3 is 2.06 bits per heavy atom. The molecule has 1 fully saturated rings. The van der Waals surface area contributed by atoms with E-state index in [1.54, 1.807) is 12.1 Å². The molecule has 3 aliphatic heterocycles. The summed E-state index contributed by atoms with van der Waals surface area (Å²) in [4.78, 5) is 42.2. The summed E-state index contributed by atoms with van der Waals surface area (Å²) in [7, 11) is -9.30. The molecule has 0 aromatic heterocycles. The number of benzene rings is 2. The van der Waals surface area contributed by atoms with Gasteiger partial charge in [0.25, 0.3) is 11.8 Å². The SMILES string of the molecule is CCN1C(=CC=CC=CC2=[N+](CCCCCC(=O)ON3C(=O)CCC3=O)c3ccc(S(=O)(=O)[O-])cc3C2(C)C)C(C)(C)c2cc(S(=O)(=O)[O-])ccc21.[K+]. The predicted octanol–water partition coefficient (Wildman–Crippen LogP) is 1.86. The fourth-order valence-corrected chi connectivity index (χ4v) is 8.07. The first-order chi connectivity index (χ1) is 24.3. The summed E-state index contributed by atoms with van der Waals surface area (Å²) in [5.41, 5.74) is 3.55. The average molecular weight is 792 g/mol. The zero-order valence-corrected chi connectivity index (χ0v) is 35.5. The first-order valence-electron chi connectivity index (χ1n) is 17.0. The zero-order valence-electron chi connectivity index (χ0n) is 30.7. The van der Waals surface area contributed by atoms with E-state index in [1.807, 2.05) is 65.0 Å². The number of fused-ring (bicyclic) bond motifs is 2. The second kappa shape index (κ2) is 16.5. The second-order valence-electron chi connectivity index (χ2n) is 13.9. The average Bonchev–Trinajstić information content (AvgIpc) is 3.58. The Hall–Kier alpha value is -2.80. The number of nitrogens with zero attached hydrogens (tertiary/aromatic N) is 3. The number of carbonyl (C=O) groups is 3. The third-order valence-electron chi connectivity index (χ3n) is 9.81. The number of anilines is 1. The third kappa shape index (κ3) is 9.02. The van der Waals surface area contributed by atoms with Crippen molar-refractivity contribution in [3.05, 3.63) is 83.6 Å². The van der Waals surface area contributed by atoms with E-state index < -0.39 is 48.8 Å². The molecule has 3 heterocycles. The summed E-state index contributed by atoms with van der Waals surface area (Å²) in [6.07, 6.45) is 11.3. The van der Waals surface area contributed by atoms with Crippen LogP contribution in [0.3, 0.4) is 0 Å². The van der Waals surface area contributed by atoms with Gasteiger partial charge in [-0.15, -0.1) is 5.06 Å². The Bertz CT molecular complexity index is 2150. The number of imide groups is 1. The Morgan fingerprint density at radius 1 is 0.849 bits per heavy atom. The molecule has 13 nitrogen and oxygen atoms in total. The number of rotatable bonds is 13. The van der Waals surface area contributed by atoms with Crippen molar-refractivity contribution in [2.24, 2.45) is 0 Å². The van der Waals surface area contributed by atoms with E-state index in [9.17, 15) is 40.3 Å². The van der Waals surface area contributed by atoms with E-state index in [4.69, 9.17) is 4.84 Å². The van der Waals surface area contributed by atoms with Crippen LogP contribution < -0.4 is 56.3 Å². The molecule has 0 N–H and O–H groups in total. The zero-order chi connectivity index (χ0) is 38.2. The van der Waals surface area contributed by atoms with Gasteiger partial charge < -0.3 is 18.8 Å². The van der Waals surface area contributed by atoms with Gasteiger partial charge in [-0.3, -0.25) is 9.59 Å². The molecule has 0 atom stereocenters. The number of carbonyl (C=O) groups excluding carboxylic acids is 3. The van der Waals surface area contributed by atoms with E-state index in [0.29, 0.717) is 43.0 Å². The minimum Gasteiger partial charge on any atom is -0.744 e. The summed E-state index contributed by atoms with van der Waals surface area (Å²) < 4.78 is 73.0. The predicted molar refractivity (Wildman–Crippen MR) is 190 cm³/mol. The first kappa shape index (κ1) is 42.9. The molecule has 0 saturated carbocycles. The maximum Gasteiger partial charge on any atom is 1.00 e. The fourth-order valence-electron chi connectivity index (χ4n) is 7.08. The van der Waals surface area contributed by atoms with Crippen LogP contribution in [0.1, 0.15) is 84.3 Å². The van der Waals surface area contributed by atoms with Crippen molar-refractivity contribution in [2.45, 2.75) is 93.8 Å². The second-order valence-corrected chi connectivity index (χ2v) is 16.7. The Morgan fingerprint density at radius 2 is 1.45 bits per heavy atom. The number of hydrogen-bond donors (Lipinski definition) is 0. The third-order valence-corrected chi connectivity index (χ3v) is 11.5. The van der Waals surface area contributed by atoms with Gasteiger partial charge in [-0.1, -0.05) is 32.1 Å². The van der Waals surface area contributed by atoms with Crippen molar-refractivity contribution in [3.63, 3.8) is 0 Å². The van der Waals surface area contributed by atoms with Crippen LogP contribution in [-0.2, 0) is 50.3 Å². The van der Waals surface area contributed by atoms with Crippen LogP contribution >= 0.6 is 0 Å². The smallest absolute Gasteiger partial charge is 0.744 e. The van der Waals surface area contributed by atoms with Crippen LogP contribution in [0.2, 0.25) is 0 Å². The molecule has 0 unspecified atom stereocenters. The molecule has 0 aliphatic carbocycles. The summed E-state index contributed by atoms with van der Waals surface area (Å²) >= 11 is 0. The van der Waals surface area contributed by atoms with Crippen molar-refractivity contribution < 1.29 is 101 Å². The van der Waals surface area contributed by atoms with Crippen LogP contribution in [0, 0.1) is 0 Å². The maximum absolute atomic E-state index is 12.2. The molecule has 5 rings (SSSR count). The van der Waals surface area contributed by atoms with Gasteiger partial charge in [-0.2, -0.15) is 4.58 Å². The summed E-state index contributed by atoms with van der Waals surface area (Å²) in [6.45, 7) is 11.0. The van der Waals surface area contributed by atoms with E-state index in [-0.39, 0.29) is 80.4 Å². The summed E-state index contributed by atoms with van der Waals surface area (Å²) in [5, 5.41) is 0.536. The standard InChI is InChI=1S/C37H43N3O10S2.K/c1-6-38-29-18-16-25(51(44,45)46)23-27(29)36(2,3)31(38)13-9-7-10-14-32-37(4,5)28-24-26(52(47,48)49)17-19-30(28)39(32)22-12-8-11-15-35(43)50-40-33(41)20-21-34(40)42;/h7,9-10,13-14,16-19,23-24H,6,8,11-12,15,20-22H2,1-5H3,(H-,44,45,46,47,48,49);/q;+1/p-1. The van der Waals surface area contributed by atoms with E-state index >= 15 is 0 Å². The number of hydroxylamine groups is 2. The topological polar surface area (TPSA) is 184 Å². The molecule has 53 heavy (non-hydrogen) atoms. The minimum atomic E-state index is -4.69. The Kier molecular flexibility index (Phi) is 13.4. The van der Waals surface area contributed by atoms with Crippen LogP contribution in [0.4, 0.5) is 11.4 Å². The van der Waals surface area contributed by atoms with Gasteiger partial charge in [0.05, 0.1) is 15.2 Å². The molecule has 1 saturated heterocycles. The van der Waals surface area contributed by atoms with Gasteiger partial charge in [-0.05, 0) is 75.6 Å². The van der Waals surface area contributed by atoms with E-state index in [0.717, 1.165) is 28.3 Å². The van der Waals surface area contributed by atoms with Gasteiger partial charge >= 0.3 is 57.4 Å². The Balaban J connectivity index is 0.00000627. The first-order valence-corrected chi connectivity index (χ1v) is 19.9. The van der Waals surface area contributed by atoms with Crippen LogP contribution in [0.5, 0.6) is 0 Å². The van der Waals surface area contributed by atoms with Gasteiger partial charge in [0, 0.05) is 66.7 Å². The molecule has 0 radical (unpaired) electrons. The largest absolute Gasteiger partial charge is 1.00 e. The van der Waals surface area contributed by atoms with E-state index in [1.165, 1.54) is 24.3 Å². The van der Waals surface area contributed by atoms with Crippen molar-refractivity contribution in [1.29, 1.82) is 0 Å². The fraction of sp³-hybridized carbons (Fsp3) is 0.405. The number of likely N-dealkylation sites (N-methyl/N-ethyl adjacent to an activating group) is 1. The van der Waals surface area contributed by atoms with Gasteiger partial charge in [0.1, 0.15) is 26.8 Å². The van der Waals surface area contributed by atoms with Crippen LogP contribution in [0.25, 0.3) is 0 Å². The molecule has 2 aromatic rings. The molecule has 2 amide bonds. The number of amides is 2. The van der Waals surface area contributed by atoms with Crippen molar-refractivity contribution in [1.82, 2.24) is 5.06 Å². The van der Waals surface area contributed by atoms with Crippen LogP contribution in [0.15, 0.2) is 82.3 Å². The van der Waals surface area contributed by atoms with Crippen molar-refractivity contribution in [2.75, 3.05) is 18.0 Å². The molecule has 16 heteroatoms. The number of allylic oxidation sites excluding steroid dienone is 6. The van der Waals surface area contributed by atoms with Gasteiger partial charge in [0.2, 0.25) is 5.69 Å². The molecular formula is C37H42KN3O10S2. The maximum atomic E-state index is 12.2. The summed E-state index contributed by atoms with van der Waals surface area (Å²) in [5.74, 6) is -1.73. The van der Waals surface area contributed by atoms with Crippen molar-refractivity contribution >= 4 is 55.1 Å². The van der Waals surface area contributed by atoms with Crippen molar-refractivity contribution in [3.8, 4) is 0 Å². The van der Waals surface area contributed by atoms with Gasteiger partial charge in [-0.25, -0.2) is 21.6 Å². The molecule has 3 aliphatic rings. The summed E-state index contributed by atoms with van der Waals surface area (Å²) in [6, 6.07) is 8.80. The number of hydrogen-bond acceptors (Lipinski definition) is 11. The molecule has 278 valence electrons. The molecular weight excluding hydrogens is 750 g/mol. The van der Waals surface area contributed by atoms with E-state index in [2.05, 4.69) is 9.48 Å². The van der Waals surface area contributed by atoms with Gasteiger partial charge in [0.15, 0.2) is 5.71 Å². The molecule has 0 spiro atoms. The minimum absolute atomic E-state index is 0. The normalized spacial score (nSPS) is 18.7. The monoisotopic (exact) mass is 791 g/mol. The molecule has 0 bridgehead atoms. The Labute approximate surface area is 353 Å².